The lowest BCUT2D eigenvalue weighted by Gasteiger charge is -2.01. The second kappa shape index (κ2) is 3.66. The fourth-order valence-corrected chi connectivity index (χ4v) is 1.92. The summed E-state index contributed by atoms with van der Waals surface area (Å²) < 4.78 is 15.0. The minimum absolute atomic E-state index is 0.252. The van der Waals surface area contributed by atoms with Gasteiger partial charge in [0.2, 0.25) is 0 Å². The van der Waals surface area contributed by atoms with Gasteiger partial charge in [-0.25, -0.2) is 9.37 Å². The Kier molecular flexibility index (Phi) is 2.14. The molecule has 0 unspecified atom stereocenters. The van der Waals surface area contributed by atoms with Crippen molar-refractivity contribution < 1.29 is 4.39 Å². The van der Waals surface area contributed by atoms with Gasteiger partial charge in [-0.3, -0.25) is 4.98 Å². The van der Waals surface area contributed by atoms with Gasteiger partial charge in [0.15, 0.2) is 0 Å². The first-order chi connectivity index (χ1) is 8.25. The molecular formula is C13H10FN3. The van der Waals surface area contributed by atoms with E-state index in [1.54, 1.807) is 18.5 Å². The second-order valence-corrected chi connectivity index (χ2v) is 3.87. The summed E-state index contributed by atoms with van der Waals surface area (Å²) in [7, 11) is 1.87. The van der Waals surface area contributed by atoms with Gasteiger partial charge in [-0.15, -0.1) is 0 Å². The minimum Gasteiger partial charge on any atom is -0.327 e. The van der Waals surface area contributed by atoms with Crippen molar-refractivity contribution in [2.75, 3.05) is 0 Å². The molecule has 3 aromatic rings. The van der Waals surface area contributed by atoms with Gasteiger partial charge in [0.05, 0.1) is 11.0 Å². The number of pyridine rings is 1. The average molecular weight is 227 g/mol. The molecule has 0 aliphatic heterocycles. The van der Waals surface area contributed by atoms with Gasteiger partial charge in [-0.2, -0.15) is 0 Å². The number of fused-ring (bicyclic) bond motifs is 1. The third kappa shape index (κ3) is 1.58. The molecule has 0 spiro atoms. The van der Waals surface area contributed by atoms with Crippen LogP contribution in [0.2, 0.25) is 0 Å². The number of benzene rings is 1. The van der Waals surface area contributed by atoms with Crippen LogP contribution < -0.4 is 0 Å². The molecule has 0 radical (unpaired) electrons. The quantitative estimate of drug-likeness (QED) is 0.640. The maximum atomic E-state index is 13.2. The van der Waals surface area contributed by atoms with Crippen molar-refractivity contribution in [3.63, 3.8) is 0 Å². The Morgan fingerprint density at radius 2 is 2.12 bits per heavy atom. The van der Waals surface area contributed by atoms with Crippen molar-refractivity contribution in [2.24, 2.45) is 7.05 Å². The number of nitrogens with zero attached hydrogens (tertiary/aromatic N) is 3. The zero-order valence-electron chi connectivity index (χ0n) is 9.26. The van der Waals surface area contributed by atoms with Gasteiger partial charge in [0, 0.05) is 25.0 Å². The molecule has 0 bridgehead atoms. The van der Waals surface area contributed by atoms with Crippen LogP contribution in [0.1, 0.15) is 0 Å². The summed E-state index contributed by atoms with van der Waals surface area (Å²) in [4.78, 5) is 8.54. The fourth-order valence-electron chi connectivity index (χ4n) is 1.92. The molecule has 0 atom stereocenters. The van der Waals surface area contributed by atoms with Gasteiger partial charge < -0.3 is 4.57 Å². The predicted octanol–water partition coefficient (Wildman–Crippen LogP) is 2.77. The maximum absolute atomic E-state index is 13.2. The van der Waals surface area contributed by atoms with Crippen molar-refractivity contribution >= 4 is 11.0 Å². The molecule has 2 heterocycles. The van der Waals surface area contributed by atoms with Crippen LogP contribution in [0.5, 0.6) is 0 Å². The number of rotatable bonds is 1. The molecule has 3 nitrogen and oxygen atoms in total. The number of hydrogen-bond acceptors (Lipinski definition) is 2. The molecule has 2 aromatic heterocycles. The molecule has 0 aliphatic carbocycles. The molecule has 17 heavy (non-hydrogen) atoms. The van der Waals surface area contributed by atoms with Crippen LogP contribution in [0.3, 0.4) is 0 Å². The molecule has 1 aromatic carbocycles. The first-order valence-electron chi connectivity index (χ1n) is 5.28. The van der Waals surface area contributed by atoms with Gasteiger partial charge in [0.25, 0.3) is 0 Å². The number of halogens is 1. The lowest BCUT2D eigenvalue weighted by Crippen LogP contribution is -1.92. The van der Waals surface area contributed by atoms with Gasteiger partial charge in [-0.1, -0.05) is 0 Å². The van der Waals surface area contributed by atoms with E-state index in [0.29, 0.717) is 0 Å². The lowest BCUT2D eigenvalue weighted by atomic mass is 10.3. The molecule has 0 saturated carbocycles. The van der Waals surface area contributed by atoms with Crippen LogP contribution >= 0.6 is 0 Å². The van der Waals surface area contributed by atoms with Crippen molar-refractivity contribution in [3.05, 3.63) is 48.5 Å². The van der Waals surface area contributed by atoms with E-state index >= 15 is 0 Å². The summed E-state index contributed by atoms with van der Waals surface area (Å²) in [6.07, 6.45) is 3.46. The molecule has 4 heteroatoms. The Morgan fingerprint density at radius 3 is 2.88 bits per heavy atom. The van der Waals surface area contributed by atoms with E-state index < -0.39 is 0 Å². The number of hydrogen-bond donors (Lipinski definition) is 0. The van der Waals surface area contributed by atoms with Crippen LogP contribution in [0.4, 0.5) is 4.39 Å². The van der Waals surface area contributed by atoms with Crippen LogP contribution in [0.25, 0.3) is 22.4 Å². The Morgan fingerprint density at radius 1 is 1.24 bits per heavy atom. The summed E-state index contributed by atoms with van der Waals surface area (Å²) in [6, 6.07) is 8.38. The first kappa shape index (κ1) is 9.96. The zero-order valence-corrected chi connectivity index (χ0v) is 9.26. The van der Waals surface area contributed by atoms with E-state index in [1.165, 1.54) is 12.1 Å². The second-order valence-electron chi connectivity index (χ2n) is 3.87. The summed E-state index contributed by atoms with van der Waals surface area (Å²) in [5, 5.41) is 0. The van der Waals surface area contributed by atoms with E-state index in [-0.39, 0.29) is 5.82 Å². The molecule has 0 N–H and O–H groups in total. The highest BCUT2D eigenvalue weighted by atomic mass is 19.1. The first-order valence-corrected chi connectivity index (χ1v) is 5.28. The highest BCUT2D eigenvalue weighted by Crippen LogP contribution is 2.23. The van der Waals surface area contributed by atoms with E-state index in [9.17, 15) is 4.39 Å². The van der Waals surface area contributed by atoms with Gasteiger partial charge in [0.1, 0.15) is 11.6 Å². The summed E-state index contributed by atoms with van der Waals surface area (Å²) in [6.45, 7) is 0. The van der Waals surface area contributed by atoms with Crippen molar-refractivity contribution in [1.82, 2.24) is 14.5 Å². The summed E-state index contributed by atoms with van der Waals surface area (Å²) >= 11 is 0. The zero-order chi connectivity index (χ0) is 11.8. The molecule has 0 fully saturated rings. The predicted molar refractivity (Wildman–Crippen MR) is 63.9 cm³/mol. The third-order valence-electron chi connectivity index (χ3n) is 2.76. The van der Waals surface area contributed by atoms with Gasteiger partial charge >= 0.3 is 0 Å². The van der Waals surface area contributed by atoms with Crippen LogP contribution in [0.15, 0.2) is 42.7 Å². The third-order valence-corrected chi connectivity index (χ3v) is 2.76. The molecule has 0 aliphatic rings. The Bertz CT molecular complexity index is 674. The molecular weight excluding hydrogens is 217 g/mol. The average Bonchev–Trinajstić information content (AvgIpc) is 2.68. The fraction of sp³-hybridized carbons (Fsp3) is 0.0769. The van der Waals surface area contributed by atoms with Crippen molar-refractivity contribution in [1.29, 1.82) is 0 Å². The highest BCUT2D eigenvalue weighted by molar-refractivity contribution is 5.80. The SMILES string of the molecule is Cn1c(-c2cccnc2)nc2ccc(F)cc21. The van der Waals surface area contributed by atoms with Crippen molar-refractivity contribution in [3.8, 4) is 11.4 Å². The van der Waals surface area contributed by atoms with E-state index in [2.05, 4.69) is 9.97 Å². The largest absolute Gasteiger partial charge is 0.327 e. The number of aromatic nitrogens is 3. The van der Waals surface area contributed by atoms with E-state index in [0.717, 1.165) is 22.4 Å². The highest BCUT2D eigenvalue weighted by Gasteiger charge is 2.09. The monoisotopic (exact) mass is 227 g/mol. The Balaban J connectivity index is 2.28. The smallest absolute Gasteiger partial charge is 0.142 e. The standard InChI is InChI=1S/C13H10FN3/c1-17-12-7-10(14)4-5-11(12)16-13(17)9-3-2-6-15-8-9/h2-8H,1H3. The van der Waals surface area contributed by atoms with E-state index in [1.807, 2.05) is 23.7 Å². The molecule has 0 saturated heterocycles. The minimum atomic E-state index is -0.252. The Hall–Kier alpha value is -2.23. The van der Waals surface area contributed by atoms with E-state index in [4.69, 9.17) is 0 Å². The number of aryl methyl sites for hydroxylation is 1. The normalized spacial score (nSPS) is 10.9. The van der Waals surface area contributed by atoms with Gasteiger partial charge in [-0.05, 0) is 30.3 Å². The molecule has 84 valence electrons. The Labute approximate surface area is 97.6 Å². The summed E-state index contributed by atoms with van der Waals surface area (Å²) in [5.41, 5.74) is 2.49. The van der Waals surface area contributed by atoms with Crippen molar-refractivity contribution in [2.45, 2.75) is 0 Å². The van der Waals surface area contributed by atoms with Crippen LogP contribution in [-0.4, -0.2) is 14.5 Å². The number of imidazole rings is 1. The molecule has 3 rings (SSSR count). The van der Waals surface area contributed by atoms with Crippen LogP contribution in [0, 0.1) is 5.82 Å². The summed E-state index contributed by atoms with van der Waals surface area (Å²) in [5.74, 6) is 0.539. The molecule has 0 amide bonds. The van der Waals surface area contributed by atoms with Crippen LogP contribution in [-0.2, 0) is 7.05 Å². The lowest BCUT2D eigenvalue weighted by molar-refractivity contribution is 0.629. The maximum Gasteiger partial charge on any atom is 0.142 e. The topological polar surface area (TPSA) is 30.7 Å².